The lowest BCUT2D eigenvalue weighted by Crippen LogP contribution is -2.36. The van der Waals surface area contributed by atoms with Crippen molar-refractivity contribution in [3.8, 4) is 11.5 Å². The zero-order valence-corrected chi connectivity index (χ0v) is 12.9. The van der Waals surface area contributed by atoms with E-state index in [2.05, 4.69) is 5.32 Å². The normalized spacial score (nSPS) is 20.6. The van der Waals surface area contributed by atoms with Crippen molar-refractivity contribution in [3.05, 3.63) is 24.3 Å². The molecule has 0 radical (unpaired) electrons. The van der Waals surface area contributed by atoms with Crippen LogP contribution in [0, 0.1) is 0 Å². The molecule has 1 amide bonds. The number of carbonyl (C=O) groups is 1. The van der Waals surface area contributed by atoms with Gasteiger partial charge in [0.2, 0.25) is 5.91 Å². The fourth-order valence-corrected chi connectivity index (χ4v) is 2.33. The van der Waals surface area contributed by atoms with Gasteiger partial charge in [-0.05, 0) is 43.5 Å². The number of benzene rings is 1. The average molecular weight is 308 g/mol. The minimum absolute atomic E-state index is 0.0224. The predicted molar refractivity (Wildman–Crippen MR) is 83.1 cm³/mol. The molecule has 0 aliphatic carbocycles. The summed E-state index contributed by atoms with van der Waals surface area (Å²) in [6.45, 7) is 1.59. The van der Waals surface area contributed by atoms with E-state index in [1.54, 1.807) is 7.11 Å². The molecule has 0 aromatic heterocycles. The molecule has 1 aliphatic heterocycles. The van der Waals surface area contributed by atoms with Crippen LogP contribution in [0.15, 0.2) is 24.3 Å². The first-order valence-corrected chi connectivity index (χ1v) is 7.63. The van der Waals surface area contributed by atoms with E-state index in [0.29, 0.717) is 19.7 Å². The molecule has 6 heteroatoms. The maximum Gasteiger partial charge on any atom is 0.249 e. The number of nitrogens with one attached hydrogen (secondary N) is 1. The standard InChI is InChI=1S/C16H24N2O4/c1-20-12-3-5-13(6-4-12)21-10-2-9-18-16(19)15-8-7-14(11-17)22-15/h3-6,14-15H,2,7-11,17H2,1H3,(H,18,19)/t14-,15+/m1/s1. The highest BCUT2D eigenvalue weighted by atomic mass is 16.5. The third kappa shape index (κ3) is 4.89. The van der Waals surface area contributed by atoms with E-state index in [1.807, 2.05) is 24.3 Å². The average Bonchev–Trinajstić information content (AvgIpc) is 3.04. The Morgan fingerprint density at radius 1 is 1.32 bits per heavy atom. The van der Waals surface area contributed by atoms with Crippen LogP contribution in [0.25, 0.3) is 0 Å². The smallest absolute Gasteiger partial charge is 0.249 e. The fourth-order valence-electron chi connectivity index (χ4n) is 2.33. The molecule has 3 N–H and O–H groups in total. The summed E-state index contributed by atoms with van der Waals surface area (Å²) in [5.74, 6) is 1.53. The summed E-state index contributed by atoms with van der Waals surface area (Å²) in [5.41, 5.74) is 5.53. The van der Waals surface area contributed by atoms with E-state index in [1.165, 1.54) is 0 Å². The van der Waals surface area contributed by atoms with Crippen molar-refractivity contribution in [2.75, 3.05) is 26.8 Å². The number of nitrogens with two attached hydrogens (primary N) is 1. The summed E-state index contributed by atoms with van der Waals surface area (Å²) in [4.78, 5) is 11.9. The van der Waals surface area contributed by atoms with Gasteiger partial charge in [0.1, 0.15) is 17.6 Å². The van der Waals surface area contributed by atoms with Crippen molar-refractivity contribution in [1.29, 1.82) is 0 Å². The number of hydrogen-bond acceptors (Lipinski definition) is 5. The number of ether oxygens (including phenoxy) is 3. The van der Waals surface area contributed by atoms with Crippen LogP contribution < -0.4 is 20.5 Å². The predicted octanol–water partition coefficient (Wildman–Crippen LogP) is 1.09. The van der Waals surface area contributed by atoms with Crippen molar-refractivity contribution in [2.24, 2.45) is 5.73 Å². The second kappa shape index (κ2) is 8.60. The molecule has 2 rings (SSSR count). The zero-order valence-electron chi connectivity index (χ0n) is 12.9. The molecule has 2 atom stereocenters. The van der Waals surface area contributed by atoms with Crippen LogP contribution in [0.2, 0.25) is 0 Å². The van der Waals surface area contributed by atoms with Crippen molar-refractivity contribution in [3.63, 3.8) is 0 Å². The second-order valence-corrected chi connectivity index (χ2v) is 5.23. The van der Waals surface area contributed by atoms with E-state index in [4.69, 9.17) is 19.9 Å². The Morgan fingerprint density at radius 2 is 2.05 bits per heavy atom. The van der Waals surface area contributed by atoms with Gasteiger partial charge >= 0.3 is 0 Å². The minimum Gasteiger partial charge on any atom is -0.497 e. The Hall–Kier alpha value is -1.79. The number of rotatable bonds is 8. The van der Waals surface area contributed by atoms with Gasteiger partial charge in [0.15, 0.2) is 0 Å². The highest BCUT2D eigenvalue weighted by Gasteiger charge is 2.29. The van der Waals surface area contributed by atoms with Gasteiger partial charge < -0.3 is 25.3 Å². The molecule has 22 heavy (non-hydrogen) atoms. The summed E-state index contributed by atoms with van der Waals surface area (Å²) >= 11 is 0. The van der Waals surface area contributed by atoms with Gasteiger partial charge in [0.25, 0.3) is 0 Å². The molecule has 1 aliphatic rings. The Bertz CT molecular complexity index is 464. The molecule has 1 fully saturated rings. The van der Waals surface area contributed by atoms with Crippen molar-refractivity contribution in [2.45, 2.75) is 31.5 Å². The lowest BCUT2D eigenvalue weighted by Gasteiger charge is -2.13. The highest BCUT2D eigenvalue weighted by molar-refractivity contribution is 5.80. The first-order chi connectivity index (χ1) is 10.7. The first-order valence-electron chi connectivity index (χ1n) is 7.63. The van der Waals surface area contributed by atoms with E-state index < -0.39 is 0 Å². The van der Waals surface area contributed by atoms with Crippen LogP contribution in [0.4, 0.5) is 0 Å². The van der Waals surface area contributed by atoms with E-state index >= 15 is 0 Å². The summed E-state index contributed by atoms with van der Waals surface area (Å²) in [5, 5.41) is 2.87. The number of methoxy groups -OCH3 is 1. The van der Waals surface area contributed by atoms with Gasteiger partial charge in [-0.15, -0.1) is 0 Å². The highest BCUT2D eigenvalue weighted by Crippen LogP contribution is 2.19. The first kappa shape index (κ1) is 16.6. The molecule has 1 heterocycles. The van der Waals surface area contributed by atoms with Crippen molar-refractivity contribution in [1.82, 2.24) is 5.32 Å². The van der Waals surface area contributed by atoms with Gasteiger partial charge in [-0.1, -0.05) is 0 Å². The molecule has 1 saturated heterocycles. The van der Waals surface area contributed by atoms with Gasteiger partial charge in [-0.25, -0.2) is 0 Å². The fraction of sp³-hybridized carbons (Fsp3) is 0.562. The monoisotopic (exact) mass is 308 g/mol. The molecular formula is C16H24N2O4. The summed E-state index contributed by atoms with van der Waals surface area (Å²) < 4.78 is 16.2. The van der Waals surface area contributed by atoms with Crippen LogP contribution in [0.5, 0.6) is 11.5 Å². The minimum atomic E-state index is -0.351. The van der Waals surface area contributed by atoms with Crippen molar-refractivity contribution >= 4 is 5.91 Å². The number of hydrogen-bond donors (Lipinski definition) is 2. The Labute approximate surface area is 130 Å². The molecule has 1 aromatic carbocycles. The van der Waals surface area contributed by atoms with E-state index in [-0.39, 0.29) is 18.1 Å². The molecular weight excluding hydrogens is 284 g/mol. The number of amides is 1. The van der Waals surface area contributed by atoms with Crippen LogP contribution in [-0.2, 0) is 9.53 Å². The maximum atomic E-state index is 11.9. The molecule has 0 unspecified atom stereocenters. The van der Waals surface area contributed by atoms with Gasteiger partial charge in [-0.2, -0.15) is 0 Å². The summed E-state index contributed by atoms with van der Waals surface area (Å²) in [7, 11) is 1.63. The molecule has 6 nitrogen and oxygen atoms in total. The molecule has 122 valence electrons. The molecule has 0 spiro atoms. The third-order valence-electron chi connectivity index (χ3n) is 3.61. The summed E-state index contributed by atoms with van der Waals surface area (Å²) in [6, 6.07) is 7.41. The van der Waals surface area contributed by atoms with Crippen LogP contribution in [0.3, 0.4) is 0 Å². The van der Waals surface area contributed by atoms with E-state index in [0.717, 1.165) is 30.8 Å². The number of carbonyl (C=O) groups excluding carboxylic acids is 1. The lowest BCUT2D eigenvalue weighted by atomic mass is 10.2. The Balaban J connectivity index is 1.58. The lowest BCUT2D eigenvalue weighted by molar-refractivity contribution is -0.131. The third-order valence-corrected chi connectivity index (χ3v) is 3.61. The van der Waals surface area contributed by atoms with Gasteiger partial charge in [-0.3, -0.25) is 4.79 Å². The molecule has 0 bridgehead atoms. The van der Waals surface area contributed by atoms with Crippen LogP contribution in [0.1, 0.15) is 19.3 Å². The zero-order chi connectivity index (χ0) is 15.8. The van der Waals surface area contributed by atoms with Crippen LogP contribution >= 0.6 is 0 Å². The quantitative estimate of drug-likeness (QED) is 0.702. The van der Waals surface area contributed by atoms with E-state index in [9.17, 15) is 4.79 Å². The second-order valence-electron chi connectivity index (χ2n) is 5.23. The largest absolute Gasteiger partial charge is 0.497 e. The van der Waals surface area contributed by atoms with Crippen molar-refractivity contribution < 1.29 is 19.0 Å². The maximum absolute atomic E-state index is 11.9. The molecule has 0 saturated carbocycles. The summed E-state index contributed by atoms with van der Waals surface area (Å²) in [6.07, 6.45) is 2.01. The van der Waals surface area contributed by atoms with Gasteiger partial charge in [0, 0.05) is 13.1 Å². The van der Waals surface area contributed by atoms with Crippen LogP contribution in [-0.4, -0.2) is 44.9 Å². The molecule has 1 aromatic rings. The van der Waals surface area contributed by atoms with Gasteiger partial charge in [0.05, 0.1) is 19.8 Å². The topological polar surface area (TPSA) is 82.8 Å². The SMILES string of the molecule is COc1ccc(OCCCNC(=O)[C@@H]2CC[C@H](CN)O2)cc1. The Morgan fingerprint density at radius 3 is 2.68 bits per heavy atom. The Kier molecular flexibility index (Phi) is 6.48.